The zero-order valence-electron chi connectivity index (χ0n) is 11.7. The third-order valence-electron chi connectivity index (χ3n) is 2.46. The van der Waals surface area contributed by atoms with E-state index in [4.69, 9.17) is 16.3 Å². The van der Waals surface area contributed by atoms with Gasteiger partial charge in [0.05, 0.1) is 22.6 Å². The van der Waals surface area contributed by atoms with Crippen LogP contribution in [0, 0.1) is 0 Å². The fourth-order valence-corrected chi connectivity index (χ4v) is 2.92. The summed E-state index contributed by atoms with van der Waals surface area (Å²) in [5.74, 6) is -0.746. The molecule has 0 unspecified atom stereocenters. The molecule has 1 rings (SSSR count). The van der Waals surface area contributed by atoms with Gasteiger partial charge in [-0.25, -0.2) is 8.42 Å². The van der Waals surface area contributed by atoms with Crippen LogP contribution in [0.5, 0.6) is 0 Å². The van der Waals surface area contributed by atoms with Crippen molar-refractivity contribution in [2.45, 2.75) is 26.9 Å². The number of sulfonamides is 1. The standard InChI is InChI=1S/C13H18ClNO4S/c1-4-20(17,18)15(9-13(16)19-10(2)3)12-8-6-5-7-11(12)14/h5-8,10H,4,9H2,1-3H3. The number of ether oxygens (including phenoxy) is 1. The smallest absolute Gasteiger partial charge is 0.327 e. The number of carbonyl (C=O) groups excluding carboxylic acids is 1. The Kier molecular flexibility index (Phi) is 5.83. The Morgan fingerprint density at radius 2 is 1.95 bits per heavy atom. The second-order valence-corrected chi connectivity index (χ2v) is 6.99. The van der Waals surface area contributed by atoms with E-state index in [0.29, 0.717) is 0 Å². The first-order valence-corrected chi connectivity index (χ1v) is 8.21. The molecule has 0 amide bonds. The van der Waals surface area contributed by atoms with E-state index >= 15 is 0 Å². The van der Waals surface area contributed by atoms with E-state index in [-0.39, 0.29) is 22.6 Å². The van der Waals surface area contributed by atoms with E-state index in [1.807, 2.05) is 0 Å². The second-order valence-electron chi connectivity index (χ2n) is 4.40. The maximum Gasteiger partial charge on any atom is 0.327 e. The number of halogens is 1. The van der Waals surface area contributed by atoms with E-state index in [9.17, 15) is 13.2 Å². The topological polar surface area (TPSA) is 63.7 Å². The zero-order chi connectivity index (χ0) is 15.3. The highest BCUT2D eigenvalue weighted by Gasteiger charge is 2.26. The predicted octanol–water partition coefficient (Wildman–Crippen LogP) is 2.45. The minimum absolute atomic E-state index is 0.132. The largest absolute Gasteiger partial charge is 0.462 e. The minimum atomic E-state index is -3.62. The maximum absolute atomic E-state index is 12.1. The number of esters is 1. The van der Waals surface area contributed by atoms with Crippen LogP contribution < -0.4 is 4.31 Å². The van der Waals surface area contributed by atoms with Gasteiger partial charge in [0.2, 0.25) is 10.0 Å². The molecule has 0 aliphatic carbocycles. The number of rotatable bonds is 6. The Balaban J connectivity index is 3.11. The van der Waals surface area contributed by atoms with Gasteiger partial charge in [-0.05, 0) is 32.9 Å². The first-order chi connectivity index (χ1) is 9.27. The molecule has 0 saturated carbocycles. The summed E-state index contributed by atoms with van der Waals surface area (Å²) in [5.41, 5.74) is 0.275. The average molecular weight is 320 g/mol. The Bertz CT molecular complexity index is 571. The van der Waals surface area contributed by atoms with Crippen LogP contribution in [0.1, 0.15) is 20.8 Å². The fraction of sp³-hybridized carbons (Fsp3) is 0.462. The van der Waals surface area contributed by atoms with Crippen molar-refractivity contribution >= 4 is 33.3 Å². The Morgan fingerprint density at radius 1 is 1.35 bits per heavy atom. The van der Waals surface area contributed by atoms with Gasteiger partial charge in [-0.1, -0.05) is 23.7 Å². The lowest BCUT2D eigenvalue weighted by Gasteiger charge is -2.24. The molecule has 0 spiro atoms. The molecular formula is C13H18ClNO4S. The van der Waals surface area contributed by atoms with Crippen LogP contribution in [0.2, 0.25) is 5.02 Å². The molecule has 0 bridgehead atoms. The summed E-state index contributed by atoms with van der Waals surface area (Å²) in [4.78, 5) is 11.7. The highest BCUT2D eigenvalue weighted by atomic mass is 35.5. The van der Waals surface area contributed by atoms with Gasteiger partial charge in [-0.3, -0.25) is 9.10 Å². The van der Waals surface area contributed by atoms with E-state index in [0.717, 1.165) is 4.31 Å². The average Bonchev–Trinajstić information content (AvgIpc) is 2.36. The Morgan fingerprint density at radius 3 is 2.45 bits per heavy atom. The summed E-state index contributed by atoms with van der Waals surface area (Å²) in [5, 5.41) is 0.266. The van der Waals surface area contributed by atoms with E-state index < -0.39 is 22.5 Å². The molecular weight excluding hydrogens is 302 g/mol. The van der Waals surface area contributed by atoms with Crippen molar-refractivity contribution in [2.75, 3.05) is 16.6 Å². The minimum Gasteiger partial charge on any atom is -0.462 e. The molecule has 0 saturated heterocycles. The molecule has 1 aromatic rings. The van der Waals surface area contributed by atoms with Crippen LogP contribution in [-0.4, -0.2) is 32.8 Å². The molecule has 5 nitrogen and oxygen atoms in total. The first-order valence-electron chi connectivity index (χ1n) is 6.22. The summed E-state index contributed by atoms with van der Waals surface area (Å²) in [6, 6.07) is 6.48. The summed E-state index contributed by atoms with van der Waals surface area (Å²) in [6.07, 6.45) is -0.306. The van der Waals surface area contributed by atoms with E-state index in [2.05, 4.69) is 0 Å². The SMILES string of the molecule is CCS(=O)(=O)N(CC(=O)OC(C)C)c1ccccc1Cl. The van der Waals surface area contributed by atoms with Crippen molar-refractivity contribution in [3.8, 4) is 0 Å². The lowest BCUT2D eigenvalue weighted by Crippen LogP contribution is -2.38. The molecule has 0 atom stereocenters. The molecule has 0 aromatic heterocycles. The number of carbonyl (C=O) groups is 1. The summed E-state index contributed by atoms with van der Waals surface area (Å²) >= 11 is 6.01. The monoisotopic (exact) mass is 319 g/mol. The van der Waals surface area contributed by atoms with Crippen LogP contribution in [0.3, 0.4) is 0 Å². The number of hydrogen-bond donors (Lipinski definition) is 0. The van der Waals surface area contributed by atoms with Gasteiger partial charge >= 0.3 is 5.97 Å². The molecule has 0 aliphatic heterocycles. The molecule has 7 heteroatoms. The molecule has 0 fully saturated rings. The van der Waals surface area contributed by atoms with Crippen LogP contribution in [0.4, 0.5) is 5.69 Å². The number of nitrogens with zero attached hydrogens (tertiary/aromatic N) is 1. The lowest BCUT2D eigenvalue weighted by molar-refractivity contribution is -0.145. The van der Waals surface area contributed by atoms with Crippen molar-refractivity contribution < 1.29 is 17.9 Å². The molecule has 0 aliphatic rings. The van der Waals surface area contributed by atoms with Crippen molar-refractivity contribution in [1.29, 1.82) is 0 Å². The quantitative estimate of drug-likeness (QED) is 0.755. The van der Waals surface area contributed by atoms with Gasteiger partial charge in [0.15, 0.2) is 0 Å². The third kappa shape index (κ3) is 4.38. The van der Waals surface area contributed by atoms with Gasteiger partial charge in [0.25, 0.3) is 0 Å². The molecule has 0 heterocycles. The number of hydrogen-bond acceptors (Lipinski definition) is 4. The van der Waals surface area contributed by atoms with Crippen LogP contribution >= 0.6 is 11.6 Å². The lowest BCUT2D eigenvalue weighted by atomic mass is 10.3. The van der Waals surface area contributed by atoms with Gasteiger partial charge in [0.1, 0.15) is 6.54 Å². The fourth-order valence-electron chi connectivity index (χ4n) is 1.56. The van der Waals surface area contributed by atoms with Crippen LogP contribution in [0.25, 0.3) is 0 Å². The summed E-state index contributed by atoms with van der Waals surface area (Å²) in [7, 11) is -3.62. The Labute approximate surface area is 124 Å². The number of benzene rings is 1. The maximum atomic E-state index is 12.1. The first kappa shape index (κ1) is 16.8. The Hall–Kier alpha value is -1.27. The molecule has 20 heavy (non-hydrogen) atoms. The predicted molar refractivity (Wildman–Crippen MR) is 79.5 cm³/mol. The summed E-state index contributed by atoms with van der Waals surface area (Å²) < 4.78 is 30.2. The van der Waals surface area contributed by atoms with Gasteiger partial charge in [0, 0.05) is 0 Å². The third-order valence-corrected chi connectivity index (χ3v) is 4.51. The number of anilines is 1. The van der Waals surface area contributed by atoms with Crippen LogP contribution in [-0.2, 0) is 19.6 Å². The van der Waals surface area contributed by atoms with E-state index in [1.54, 1.807) is 38.1 Å². The highest BCUT2D eigenvalue weighted by molar-refractivity contribution is 7.92. The van der Waals surface area contributed by atoms with Crippen molar-refractivity contribution in [3.05, 3.63) is 29.3 Å². The second kappa shape index (κ2) is 6.95. The molecule has 112 valence electrons. The highest BCUT2D eigenvalue weighted by Crippen LogP contribution is 2.27. The zero-order valence-corrected chi connectivity index (χ0v) is 13.2. The summed E-state index contributed by atoms with van der Waals surface area (Å²) in [6.45, 7) is 4.52. The van der Waals surface area contributed by atoms with Crippen molar-refractivity contribution in [1.82, 2.24) is 0 Å². The van der Waals surface area contributed by atoms with Gasteiger partial charge < -0.3 is 4.74 Å². The van der Waals surface area contributed by atoms with E-state index in [1.165, 1.54) is 6.92 Å². The molecule has 0 radical (unpaired) electrons. The van der Waals surface area contributed by atoms with Crippen LogP contribution in [0.15, 0.2) is 24.3 Å². The van der Waals surface area contributed by atoms with Gasteiger partial charge in [-0.15, -0.1) is 0 Å². The normalized spacial score (nSPS) is 11.4. The number of para-hydroxylation sites is 1. The van der Waals surface area contributed by atoms with Gasteiger partial charge in [-0.2, -0.15) is 0 Å². The molecule has 1 aromatic carbocycles. The van der Waals surface area contributed by atoms with Crippen molar-refractivity contribution in [3.63, 3.8) is 0 Å². The molecule has 0 N–H and O–H groups in total. The van der Waals surface area contributed by atoms with Crippen molar-refractivity contribution in [2.24, 2.45) is 0 Å².